The van der Waals surface area contributed by atoms with Crippen LogP contribution in [0.3, 0.4) is 0 Å². The van der Waals surface area contributed by atoms with Gasteiger partial charge in [-0.25, -0.2) is 13.6 Å². The van der Waals surface area contributed by atoms with Gasteiger partial charge in [-0.2, -0.15) is 0 Å². The van der Waals surface area contributed by atoms with Gasteiger partial charge in [0.05, 0.1) is 17.7 Å². The molecule has 0 atom stereocenters. The summed E-state index contributed by atoms with van der Waals surface area (Å²) in [6.07, 6.45) is 1.29. The first kappa shape index (κ1) is 13.7. The molecule has 0 spiro atoms. The molecule has 1 aromatic heterocycles. The minimum Gasteiger partial charge on any atom is -0.478 e. The number of nitrogens with one attached hydrogen (secondary N) is 1. The van der Waals surface area contributed by atoms with Crippen molar-refractivity contribution in [2.45, 2.75) is 6.54 Å². The van der Waals surface area contributed by atoms with Crippen LogP contribution in [0.15, 0.2) is 29.0 Å². The Hall–Kier alpha value is -2.77. The number of rotatable bonds is 4. The van der Waals surface area contributed by atoms with E-state index in [0.717, 1.165) is 0 Å². The van der Waals surface area contributed by atoms with E-state index < -0.39 is 34.6 Å². The van der Waals surface area contributed by atoms with Crippen LogP contribution in [0.5, 0.6) is 0 Å². The molecule has 8 heteroatoms. The summed E-state index contributed by atoms with van der Waals surface area (Å²) in [7, 11) is 0. The summed E-state index contributed by atoms with van der Waals surface area (Å²) >= 11 is 0. The highest BCUT2D eigenvalue weighted by Crippen LogP contribution is 2.15. The minimum absolute atomic E-state index is 0.0343. The van der Waals surface area contributed by atoms with E-state index in [0.29, 0.717) is 17.8 Å². The number of halogens is 2. The molecule has 1 heterocycles. The zero-order valence-corrected chi connectivity index (χ0v) is 9.89. The molecule has 0 bridgehead atoms. The Kier molecular flexibility index (Phi) is 3.74. The summed E-state index contributed by atoms with van der Waals surface area (Å²) in [5.41, 5.74) is -0.695. The molecular weight excluding hydrogens is 274 g/mol. The third kappa shape index (κ3) is 2.79. The van der Waals surface area contributed by atoms with Gasteiger partial charge < -0.3 is 14.9 Å². The molecule has 6 nitrogen and oxygen atoms in total. The quantitative estimate of drug-likeness (QED) is 0.888. The van der Waals surface area contributed by atoms with Crippen LogP contribution in [0, 0.1) is 11.6 Å². The predicted molar refractivity (Wildman–Crippen MR) is 61.0 cm³/mol. The Labute approximate surface area is 111 Å². The van der Waals surface area contributed by atoms with Gasteiger partial charge in [-0.3, -0.25) is 4.79 Å². The number of amides is 1. The number of aromatic nitrogens is 1. The molecule has 2 rings (SSSR count). The van der Waals surface area contributed by atoms with E-state index in [1.165, 1.54) is 12.3 Å². The molecule has 2 N–H and O–H groups in total. The molecular formula is C12H8F2N2O4. The number of carbonyl (C=O) groups excluding carboxylic acids is 1. The van der Waals surface area contributed by atoms with Crippen LogP contribution in [0.1, 0.15) is 26.4 Å². The summed E-state index contributed by atoms with van der Waals surface area (Å²) in [5.74, 6) is -5.03. The molecule has 0 aliphatic rings. The Morgan fingerprint density at radius 2 is 1.90 bits per heavy atom. The molecule has 20 heavy (non-hydrogen) atoms. The molecule has 0 radical (unpaired) electrons. The predicted octanol–water partition coefficient (Wildman–Crippen LogP) is 1.58. The topological polar surface area (TPSA) is 92.4 Å². The highest BCUT2D eigenvalue weighted by molar-refractivity contribution is 6.04. The average Bonchev–Trinajstić information content (AvgIpc) is 2.91. The van der Waals surface area contributed by atoms with Crippen molar-refractivity contribution in [1.29, 1.82) is 0 Å². The monoisotopic (exact) mass is 282 g/mol. The van der Waals surface area contributed by atoms with Crippen molar-refractivity contribution in [3.05, 3.63) is 52.9 Å². The number of aromatic carboxylic acids is 1. The van der Waals surface area contributed by atoms with E-state index in [-0.39, 0.29) is 6.54 Å². The molecule has 1 amide bonds. The van der Waals surface area contributed by atoms with Gasteiger partial charge >= 0.3 is 5.97 Å². The highest BCUT2D eigenvalue weighted by Gasteiger charge is 2.20. The van der Waals surface area contributed by atoms with Gasteiger partial charge in [0.25, 0.3) is 5.91 Å². The lowest BCUT2D eigenvalue weighted by Crippen LogP contribution is -2.25. The number of carboxylic acid groups (broad SMARTS) is 1. The van der Waals surface area contributed by atoms with E-state index in [2.05, 4.69) is 15.0 Å². The average molecular weight is 282 g/mol. The smallest absolute Gasteiger partial charge is 0.336 e. The van der Waals surface area contributed by atoms with Gasteiger partial charge in [0.2, 0.25) is 0 Å². The van der Waals surface area contributed by atoms with E-state index in [4.69, 9.17) is 5.11 Å². The SMILES string of the molecule is O=C(O)c1cc(F)c(F)cc1C(=O)NCc1ccon1. The maximum Gasteiger partial charge on any atom is 0.336 e. The number of hydrogen-bond acceptors (Lipinski definition) is 4. The first-order valence-corrected chi connectivity index (χ1v) is 5.39. The van der Waals surface area contributed by atoms with Crippen LogP contribution in [0.4, 0.5) is 8.78 Å². The van der Waals surface area contributed by atoms with Gasteiger partial charge in [0.1, 0.15) is 12.0 Å². The number of carboxylic acids is 1. The third-order valence-corrected chi connectivity index (χ3v) is 2.46. The molecule has 0 unspecified atom stereocenters. The maximum absolute atomic E-state index is 13.1. The summed E-state index contributed by atoms with van der Waals surface area (Å²) in [4.78, 5) is 22.7. The molecule has 0 saturated heterocycles. The van der Waals surface area contributed by atoms with Gasteiger partial charge in [0.15, 0.2) is 11.6 Å². The van der Waals surface area contributed by atoms with Crippen LogP contribution >= 0.6 is 0 Å². The van der Waals surface area contributed by atoms with Gasteiger partial charge in [-0.15, -0.1) is 0 Å². The summed E-state index contributed by atoms with van der Waals surface area (Å²) in [6, 6.07) is 2.49. The van der Waals surface area contributed by atoms with Crippen molar-refractivity contribution in [2.75, 3.05) is 0 Å². The first-order valence-electron chi connectivity index (χ1n) is 5.39. The highest BCUT2D eigenvalue weighted by atomic mass is 19.2. The second kappa shape index (κ2) is 5.47. The lowest BCUT2D eigenvalue weighted by atomic mass is 10.1. The van der Waals surface area contributed by atoms with E-state index in [1.807, 2.05) is 0 Å². The molecule has 1 aromatic carbocycles. The van der Waals surface area contributed by atoms with Gasteiger partial charge in [-0.1, -0.05) is 5.16 Å². The minimum atomic E-state index is -1.53. The largest absolute Gasteiger partial charge is 0.478 e. The number of carbonyl (C=O) groups is 2. The Morgan fingerprint density at radius 1 is 1.25 bits per heavy atom. The summed E-state index contributed by atoms with van der Waals surface area (Å²) in [6.45, 7) is -0.0343. The van der Waals surface area contributed by atoms with E-state index >= 15 is 0 Å². The molecule has 0 saturated carbocycles. The number of nitrogens with zero attached hydrogens (tertiary/aromatic N) is 1. The fourth-order valence-corrected chi connectivity index (χ4v) is 1.51. The lowest BCUT2D eigenvalue weighted by Gasteiger charge is -2.07. The third-order valence-electron chi connectivity index (χ3n) is 2.46. The molecule has 0 fully saturated rings. The van der Waals surface area contributed by atoms with Crippen molar-refractivity contribution in [3.8, 4) is 0 Å². The zero-order chi connectivity index (χ0) is 14.7. The Bertz CT molecular complexity index is 656. The Morgan fingerprint density at radius 3 is 2.45 bits per heavy atom. The summed E-state index contributed by atoms with van der Waals surface area (Å²) < 4.78 is 30.7. The summed E-state index contributed by atoms with van der Waals surface area (Å²) in [5, 5.41) is 14.7. The lowest BCUT2D eigenvalue weighted by molar-refractivity contribution is 0.0690. The fraction of sp³-hybridized carbons (Fsp3) is 0.0833. The van der Waals surface area contributed by atoms with Crippen LogP contribution < -0.4 is 5.32 Å². The van der Waals surface area contributed by atoms with E-state index in [1.54, 1.807) is 0 Å². The molecule has 0 aliphatic carbocycles. The van der Waals surface area contributed by atoms with Gasteiger partial charge in [0, 0.05) is 6.07 Å². The number of hydrogen-bond donors (Lipinski definition) is 2. The first-order chi connectivity index (χ1) is 9.49. The van der Waals surface area contributed by atoms with Gasteiger partial charge in [-0.05, 0) is 12.1 Å². The zero-order valence-electron chi connectivity index (χ0n) is 9.89. The fourth-order valence-electron chi connectivity index (χ4n) is 1.51. The second-order valence-corrected chi connectivity index (χ2v) is 3.79. The number of benzene rings is 1. The van der Waals surface area contributed by atoms with Crippen LogP contribution in [-0.2, 0) is 6.54 Å². The van der Waals surface area contributed by atoms with E-state index in [9.17, 15) is 18.4 Å². The normalized spacial score (nSPS) is 10.3. The van der Waals surface area contributed by atoms with Crippen LogP contribution in [0.2, 0.25) is 0 Å². The van der Waals surface area contributed by atoms with Crippen LogP contribution in [-0.4, -0.2) is 22.1 Å². The van der Waals surface area contributed by atoms with Crippen molar-refractivity contribution in [2.24, 2.45) is 0 Å². The van der Waals surface area contributed by atoms with Crippen molar-refractivity contribution in [1.82, 2.24) is 10.5 Å². The molecule has 2 aromatic rings. The molecule has 0 aliphatic heterocycles. The standard InChI is InChI=1S/C12H8F2N2O4/c13-9-3-7(8(12(18)19)4-10(9)14)11(17)15-5-6-1-2-20-16-6/h1-4H,5H2,(H,15,17)(H,18,19). The van der Waals surface area contributed by atoms with Crippen molar-refractivity contribution in [3.63, 3.8) is 0 Å². The van der Waals surface area contributed by atoms with Crippen molar-refractivity contribution < 1.29 is 28.0 Å². The second-order valence-electron chi connectivity index (χ2n) is 3.79. The Balaban J connectivity index is 2.24. The molecule has 104 valence electrons. The van der Waals surface area contributed by atoms with Crippen molar-refractivity contribution >= 4 is 11.9 Å². The van der Waals surface area contributed by atoms with Crippen LogP contribution in [0.25, 0.3) is 0 Å². The maximum atomic E-state index is 13.1.